The van der Waals surface area contributed by atoms with Crippen LogP contribution in [0.25, 0.3) is 11.0 Å². The second kappa shape index (κ2) is 8.97. The molecular formula is C19H25BN2O5. The number of carbonyl (C=O) groups excluding carboxylic acids is 1. The largest absolute Gasteiger partial charge is 0.475 e. The number of piperidine rings is 1. The molecule has 1 aromatic heterocycles. The van der Waals surface area contributed by atoms with Crippen LogP contribution in [0, 0.1) is 0 Å². The molecule has 144 valence electrons. The molecule has 1 saturated heterocycles. The normalized spacial score (nSPS) is 18.6. The molecule has 2 atom stereocenters. The van der Waals surface area contributed by atoms with Crippen LogP contribution in [0.4, 0.5) is 4.79 Å². The predicted molar refractivity (Wildman–Crippen MR) is 103 cm³/mol. The van der Waals surface area contributed by atoms with Crippen molar-refractivity contribution in [3.05, 3.63) is 48.4 Å². The number of benzene rings is 1. The van der Waals surface area contributed by atoms with Gasteiger partial charge in [-0.2, -0.15) is 0 Å². The molecule has 0 bridgehead atoms. The Balaban J connectivity index is 1.60. The molecule has 2 aromatic rings. The van der Waals surface area contributed by atoms with E-state index in [1.54, 1.807) is 6.26 Å². The van der Waals surface area contributed by atoms with Gasteiger partial charge in [-0.3, -0.25) is 0 Å². The number of alkyl carbamates (subject to hydrolysis) is 1. The van der Waals surface area contributed by atoms with E-state index in [9.17, 15) is 14.8 Å². The number of likely N-dealkylation sites (tertiary alicyclic amines) is 1. The van der Waals surface area contributed by atoms with E-state index in [0.717, 1.165) is 30.3 Å². The summed E-state index contributed by atoms with van der Waals surface area (Å²) in [5.41, 5.74) is 1.51. The van der Waals surface area contributed by atoms with Gasteiger partial charge in [0.2, 0.25) is 0 Å². The van der Waals surface area contributed by atoms with Gasteiger partial charge in [-0.1, -0.05) is 24.3 Å². The molecule has 0 radical (unpaired) electrons. The van der Waals surface area contributed by atoms with Crippen molar-refractivity contribution in [3.63, 3.8) is 0 Å². The Kier molecular flexibility index (Phi) is 6.42. The second-order valence-electron chi connectivity index (χ2n) is 6.77. The summed E-state index contributed by atoms with van der Waals surface area (Å²) in [5, 5.41) is 22.8. The van der Waals surface area contributed by atoms with Gasteiger partial charge in [0.15, 0.2) is 0 Å². The van der Waals surface area contributed by atoms with Crippen LogP contribution in [0.3, 0.4) is 0 Å². The molecule has 1 aliphatic heterocycles. The second-order valence-corrected chi connectivity index (χ2v) is 6.77. The molecule has 2 heterocycles. The summed E-state index contributed by atoms with van der Waals surface area (Å²) in [7, 11) is -1.71. The van der Waals surface area contributed by atoms with Crippen LogP contribution >= 0.6 is 0 Å². The van der Waals surface area contributed by atoms with E-state index >= 15 is 0 Å². The van der Waals surface area contributed by atoms with Gasteiger partial charge in [0.1, 0.15) is 11.7 Å². The topological polar surface area (TPSA) is 95.2 Å². The van der Waals surface area contributed by atoms with Crippen LogP contribution in [0.15, 0.2) is 47.2 Å². The number of allylic oxidation sites excluding steroid dienone is 1. The van der Waals surface area contributed by atoms with Gasteiger partial charge in [-0.05, 0) is 44.0 Å². The maximum atomic E-state index is 12.3. The summed E-state index contributed by atoms with van der Waals surface area (Å²) in [6.07, 6.45) is 6.60. The number of hydrogen-bond acceptors (Lipinski definition) is 6. The van der Waals surface area contributed by atoms with Crippen LogP contribution in [-0.4, -0.2) is 53.3 Å². The van der Waals surface area contributed by atoms with Crippen molar-refractivity contribution in [1.82, 2.24) is 10.2 Å². The molecule has 1 aromatic carbocycles. The third kappa shape index (κ3) is 5.05. The van der Waals surface area contributed by atoms with Gasteiger partial charge in [0, 0.05) is 11.9 Å². The number of furan rings is 1. The number of amides is 1. The Labute approximate surface area is 158 Å². The third-order valence-corrected chi connectivity index (χ3v) is 4.71. The van der Waals surface area contributed by atoms with Crippen molar-refractivity contribution in [2.75, 3.05) is 13.1 Å². The van der Waals surface area contributed by atoms with Crippen molar-refractivity contribution in [2.45, 2.75) is 38.2 Å². The SMILES string of the molecule is CC=CN1CCCC(OC(=O)N[C@@H](Cc2coc3ccccc23)B(O)O)C1. The van der Waals surface area contributed by atoms with Crippen molar-refractivity contribution in [3.8, 4) is 0 Å². The first kappa shape index (κ1) is 19.3. The third-order valence-electron chi connectivity index (χ3n) is 4.71. The van der Waals surface area contributed by atoms with Crippen molar-refractivity contribution in [1.29, 1.82) is 0 Å². The van der Waals surface area contributed by atoms with Crippen molar-refractivity contribution < 1.29 is 24.0 Å². The fraction of sp³-hybridized carbons (Fsp3) is 0.421. The molecule has 0 saturated carbocycles. The number of nitrogens with zero attached hydrogens (tertiary/aromatic N) is 1. The monoisotopic (exact) mass is 372 g/mol. The molecule has 8 heteroatoms. The van der Waals surface area contributed by atoms with Gasteiger partial charge in [-0.15, -0.1) is 0 Å². The molecule has 1 fully saturated rings. The predicted octanol–water partition coefficient (Wildman–Crippen LogP) is 2.08. The summed E-state index contributed by atoms with van der Waals surface area (Å²) >= 11 is 0. The highest BCUT2D eigenvalue weighted by Crippen LogP contribution is 2.22. The van der Waals surface area contributed by atoms with Crippen LogP contribution < -0.4 is 5.32 Å². The molecule has 0 spiro atoms. The maximum absolute atomic E-state index is 12.3. The Bertz CT molecular complexity index is 791. The summed E-state index contributed by atoms with van der Waals surface area (Å²) in [6.45, 7) is 3.53. The van der Waals surface area contributed by atoms with E-state index in [1.165, 1.54) is 0 Å². The molecule has 1 amide bonds. The lowest BCUT2D eigenvalue weighted by Crippen LogP contribution is -2.49. The molecular weight excluding hydrogens is 347 g/mol. The van der Waals surface area contributed by atoms with E-state index < -0.39 is 19.2 Å². The minimum Gasteiger partial charge on any atom is -0.464 e. The van der Waals surface area contributed by atoms with Gasteiger partial charge in [0.25, 0.3) is 0 Å². The Morgan fingerprint density at radius 1 is 1.48 bits per heavy atom. The first-order valence-electron chi connectivity index (χ1n) is 9.22. The van der Waals surface area contributed by atoms with Gasteiger partial charge < -0.3 is 29.4 Å². The molecule has 3 rings (SSSR count). The van der Waals surface area contributed by atoms with Crippen molar-refractivity contribution in [2.24, 2.45) is 0 Å². The van der Waals surface area contributed by atoms with E-state index in [-0.39, 0.29) is 12.5 Å². The van der Waals surface area contributed by atoms with E-state index in [0.29, 0.717) is 12.1 Å². The van der Waals surface area contributed by atoms with Crippen LogP contribution in [0.2, 0.25) is 0 Å². The number of nitrogens with one attached hydrogen (secondary N) is 1. The number of para-hydroxylation sites is 1. The molecule has 3 N–H and O–H groups in total. The molecule has 7 nitrogen and oxygen atoms in total. The number of carbonyl (C=O) groups is 1. The van der Waals surface area contributed by atoms with Gasteiger partial charge in [-0.25, -0.2) is 4.79 Å². The lowest BCUT2D eigenvalue weighted by molar-refractivity contribution is 0.0552. The smallest absolute Gasteiger partial charge is 0.464 e. The minimum absolute atomic E-state index is 0.221. The fourth-order valence-electron chi connectivity index (χ4n) is 3.40. The Hall–Kier alpha value is -2.45. The molecule has 1 aliphatic rings. The molecule has 27 heavy (non-hydrogen) atoms. The zero-order chi connectivity index (χ0) is 19.2. The van der Waals surface area contributed by atoms with Crippen molar-refractivity contribution >= 4 is 24.2 Å². The highest BCUT2D eigenvalue weighted by atomic mass is 16.6. The standard InChI is InChI=1S/C19H25BN2O5/c1-2-9-22-10-5-6-15(12-22)27-19(23)21-18(20(24)25)11-14-13-26-17-8-4-3-7-16(14)17/h2-4,7-9,13,15,18,24-25H,5-6,10-12H2,1H3,(H,21,23)/t15?,18-/m0/s1. The lowest BCUT2D eigenvalue weighted by Gasteiger charge is -2.31. The summed E-state index contributed by atoms with van der Waals surface area (Å²) in [4.78, 5) is 14.4. The zero-order valence-electron chi connectivity index (χ0n) is 15.4. The van der Waals surface area contributed by atoms with Crippen LogP contribution in [-0.2, 0) is 11.2 Å². The summed E-state index contributed by atoms with van der Waals surface area (Å²) < 4.78 is 11.0. The highest BCUT2D eigenvalue weighted by molar-refractivity contribution is 6.43. The van der Waals surface area contributed by atoms with Gasteiger partial charge in [0.05, 0.1) is 18.7 Å². The zero-order valence-corrected chi connectivity index (χ0v) is 15.4. The fourth-order valence-corrected chi connectivity index (χ4v) is 3.40. The molecule has 0 aliphatic carbocycles. The average molecular weight is 372 g/mol. The quantitative estimate of drug-likeness (QED) is 0.672. The van der Waals surface area contributed by atoms with E-state index in [2.05, 4.69) is 10.2 Å². The highest BCUT2D eigenvalue weighted by Gasteiger charge is 2.29. The first-order valence-corrected chi connectivity index (χ1v) is 9.22. The summed E-state index contributed by atoms with van der Waals surface area (Å²) in [5.74, 6) is -0.895. The van der Waals surface area contributed by atoms with Gasteiger partial charge >= 0.3 is 13.2 Å². The average Bonchev–Trinajstić information content (AvgIpc) is 3.05. The summed E-state index contributed by atoms with van der Waals surface area (Å²) in [6, 6.07) is 7.48. The Morgan fingerprint density at radius 3 is 3.07 bits per heavy atom. The van der Waals surface area contributed by atoms with Crippen LogP contribution in [0.1, 0.15) is 25.3 Å². The number of hydrogen-bond donors (Lipinski definition) is 3. The first-order chi connectivity index (χ1) is 13.1. The maximum Gasteiger partial charge on any atom is 0.475 e. The number of rotatable bonds is 6. The van der Waals surface area contributed by atoms with Crippen LogP contribution in [0.5, 0.6) is 0 Å². The van der Waals surface area contributed by atoms with E-state index in [4.69, 9.17) is 9.15 Å². The number of fused-ring (bicyclic) bond motifs is 1. The van der Waals surface area contributed by atoms with E-state index in [1.807, 2.05) is 43.5 Å². The minimum atomic E-state index is -1.71. The molecule has 1 unspecified atom stereocenters. The number of ether oxygens (including phenoxy) is 1. The Morgan fingerprint density at radius 2 is 2.30 bits per heavy atom. The lowest BCUT2D eigenvalue weighted by atomic mass is 9.76.